The van der Waals surface area contributed by atoms with E-state index in [1.807, 2.05) is 35.9 Å². The lowest BCUT2D eigenvalue weighted by Gasteiger charge is -2.07. The number of aryl methyl sites for hydroxylation is 1. The number of aromatic nitrogens is 4. The third-order valence-electron chi connectivity index (χ3n) is 2.60. The first-order chi connectivity index (χ1) is 8.25. The molecule has 0 bridgehead atoms. The quantitative estimate of drug-likeness (QED) is 0.618. The van der Waals surface area contributed by atoms with Crippen molar-refractivity contribution in [3.63, 3.8) is 0 Å². The van der Waals surface area contributed by atoms with Gasteiger partial charge in [0, 0.05) is 24.2 Å². The molecule has 0 radical (unpaired) electrons. The maximum absolute atomic E-state index is 5.83. The first-order valence-electron chi connectivity index (χ1n) is 5.17. The van der Waals surface area contributed by atoms with E-state index in [1.54, 1.807) is 12.4 Å². The first kappa shape index (κ1) is 10.2. The van der Waals surface area contributed by atoms with Gasteiger partial charge in [-0.05, 0) is 36.7 Å². The largest absolute Gasteiger partial charge is 0.299 e. The molecule has 0 aliphatic rings. The molecule has 0 aromatic carbocycles. The lowest BCUT2D eigenvalue weighted by Crippen LogP contribution is -2.00. The molecule has 0 aliphatic heterocycles. The van der Waals surface area contributed by atoms with E-state index >= 15 is 0 Å². The molecule has 0 spiro atoms. The number of hydrogen-bond acceptors (Lipinski definition) is 3. The van der Waals surface area contributed by atoms with Crippen LogP contribution in [0.25, 0.3) is 16.9 Å². The van der Waals surface area contributed by atoms with Gasteiger partial charge >= 0.3 is 0 Å². The minimum absolute atomic E-state index is 0.247. The van der Waals surface area contributed by atoms with Crippen LogP contribution in [0.15, 0.2) is 36.8 Å². The molecular formula is C12H9ClN4. The third kappa shape index (κ3) is 1.66. The van der Waals surface area contributed by atoms with Gasteiger partial charge < -0.3 is 0 Å². The van der Waals surface area contributed by atoms with E-state index in [4.69, 9.17) is 11.6 Å². The van der Waals surface area contributed by atoms with Gasteiger partial charge in [-0.25, -0.2) is 4.98 Å². The van der Waals surface area contributed by atoms with Crippen LogP contribution < -0.4 is 0 Å². The normalized spacial score (nSPS) is 10.9. The molecule has 3 heterocycles. The van der Waals surface area contributed by atoms with Crippen molar-refractivity contribution >= 4 is 22.6 Å². The van der Waals surface area contributed by atoms with Gasteiger partial charge in [0.1, 0.15) is 5.82 Å². The Kier molecular flexibility index (Phi) is 2.30. The highest BCUT2D eigenvalue weighted by atomic mass is 35.5. The molecular weight excluding hydrogens is 236 g/mol. The van der Waals surface area contributed by atoms with Gasteiger partial charge in [-0.1, -0.05) is 0 Å². The third-order valence-corrected chi connectivity index (χ3v) is 2.78. The molecule has 5 heteroatoms. The van der Waals surface area contributed by atoms with E-state index in [-0.39, 0.29) is 5.28 Å². The average Bonchev–Trinajstić information content (AvgIpc) is 2.76. The van der Waals surface area contributed by atoms with Gasteiger partial charge in [-0.3, -0.25) is 9.55 Å². The van der Waals surface area contributed by atoms with Crippen LogP contribution in [0.3, 0.4) is 0 Å². The average molecular weight is 245 g/mol. The summed E-state index contributed by atoms with van der Waals surface area (Å²) in [5.41, 5.74) is 2.91. The van der Waals surface area contributed by atoms with E-state index < -0.39 is 0 Å². The van der Waals surface area contributed by atoms with Crippen molar-refractivity contribution in [3.05, 3.63) is 47.6 Å². The Morgan fingerprint density at radius 3 is 3.00 bits per heavy atom. The van der Waals surface area contributed by atoms with Crippen molar-refractivity contribution in [1.29, 1.82) is 0 Å². The maximum Gasteiger partial charge on any atom is 0.224 e. The van der Waals surface area contributed by atoms with Gasteiger partial charge in [-0.2, -0.15) is 4.98 Å². The minimum atomic E-state index is 0.247. The summed E-state index contributed by atoms with van der Waals surface area (Å²) in [5, 5.41) is 0.247. The Balaban J connectivity index is 2.31. The summed E-state index contributed by atoms with van der Waals surface area (Å²) in [7, 11) is 0. The SMILES string of the molecule is Cc1cnc(Cl)nc1-n1ccc2ncccc21. The Morgan fingerprint density at radius 1 is 1.24 bits per heavy atom. The monoisotopic (exact) mass is 244 g/mol. The maximum atomic E-state index is 5.83. The number of rotatable bonds is 1. The Bertz CT molecular complexity index is 690. The molecule has 3 aromatic rings. The second-order valence-electron chi connectivity index (χ2n) is 3.74. The van der Waals surface area contributed by atoms with Crippen LogP contribution in [-0.2, 0) is 0 Å². The Labute approximate surface area is 103 Å². The predicted molar refractivity (Wildman–Crippen MR) is 66.4 cm³/mol. The zero-order valence-corrected chi connectivity index (χ0v) is 9.89. The number of pyridine rings is 1. The van der Waals surface area contributed by atoms with E-state index in [0.29, 0.717) is 0 Å². The van der Waals surface area contributed by atoms with Gasteiger partial charge in [-0.15, -0.1) is 0 Å². The van der Waals surface area contributed by atoms with Crippen LogP contribution in [0.4, 0.5) is 0 Å². The number of fused-ring (bicyclic) bond motifs is 1. The highest BCUT2D eigenvalue weighted by Crippen LogP contribution is 2.20. The first-order valence-corrected chi connectivity index (χ1v) is 5.55. The van der Waals surface area contributed by atoms with Gasteiger partial charge in [0.15, 0.2) is 0 Å². The lowest BCUT2D eigenvalue weighted by atomic mass is 10.3. The molecule has 0 saturated heterocycles. The predicted octanol–water partition coefficient (Wildman–Crippen LogP) is 2.78. The molecule has 84 valence electrons. The van der Waals surface area contributed by atoms with E-state index in [2.05, 4.69) is 15.0 Å². The Hall–Kier alpha value is -1.94. The molecule has 0 atom stereocenters. The van der Waals surface area contributed by atoms with Crippen molar-refractivity contribution in [2.45, 2.75) is 6.92 Å². The smallest absolute Gasteiger partial charge is 0.224 e. The summed E-state index contributed by atoms with van der Waals surface area (Å²) < 4.78 is 1.96. The van der Waals surface area contributed by atoms with Crippen molar-refractivity contribution in [2.24, 2.45) is 0 Å². The molecule has 3 aromatic heterocycles. The number of nitrogens with zero attached hydrogens (tertiary/aromatic N) is 4. The van der Waals surface area contributed by atoms with Crippen molar-refractivity contribution < 1.29 is 0 Å². The molecule has 3 rings (SSSR count). The standard InChI is InChI=1S/C12H9ClN4/c1-8-7-15-12(13)16-11(8)17-6-4-9-10(17)3-2-5-14-9/h2-7H,1H3. The Morgan fingerprint density at radius 2 is 2.12 bits per heavy atom. The lowest BCUT2D eigenvalue weighted by molar-refractivity contribution is 0.985. The zero-order chi connectivity index (χ0) is 11.8. The summed E-state index contributed by atoms with van der Waals surface area (Å²) in [5.74, 6) is 0.785. The van der Waals surface area contributed by atoms with Crippen molar-refractivity contribution in [3.8, 4) is 5.82 Å². The number of hydrogen-bond donors (Lipinski definition) is 0. The van der Waals surface area contributed by atoms with Crippen LogP contribution >= 0.6 is 11.6 Å². The molecule has 0 unspecified atom stereocenters. The molecule has 0 aliphatic carbocycles. The molecule has 0 amide bonds. The van der Waals surface area contributed by atoms with Gasteiger partial charge in [0.2, 0.25) is 5.28 Å². The fourth-order valence-corrected chi connectivity index (χ4v) is 1.94. The molecule has 17 heavy (non-hydrogen) atoms. The van der Waals surface area contributed by atoms with E-state index in [1.165, 1.54) is 0 Å². The fourth-order valence-electron chi connectivity index (χ4n) is 1.81. The molecule has 0 fully saturated rings. The van der Waals surface area contributed by atoms with Crippen molar-refractivity contribution in [2.75, 3.05) is 0 Å². The van der Waals surface area contributed by atoms with E-state index in [0.717, 1.165) is 22.4 Å². The van der Waals surface area contributed by atoms with Gasteiger partial charge in [0.05, 0.1) is 11.0 Å². The number of halogens is 1. The van der Waals surface area contributed by atoms with Crippen LogP contribution in [0, 0.1) is 6.92 Å². The second kappa shape index (κ2) is 3.82. The van der Waals surface area contributed by atoms with Crippen molar-refractivity contribution in [1.82, 2.24) is 19.5 Å². The van der Waals surface area contributed by atoms with Crippen LogP contribution in [0.2, 0.25) is 5.28 Å². The molecule has 0 saturated carbocycles. The molecule has 4 nitrogen and oxygen atoms in total. The zero-order valence-electron chi connectivity index (χ0n) is 9.13. The van der Waals surface area contributed by atoms with Crippen LogP contribution in [-0.4, -0.2) is 19.5 Å². The summed E-state index contributed by atoms with van der Waals surface area (Å²) in [6, 6.07) is 5.85. The summed E-state index contributed by atoms with van der Waals surface area (Å²) in [6.07, 6.45) is 5.42. The summed E-state index contributed by atoms with van der Waals surface area (Å²) in [6.45, 7) is 1.95. The second-order valence-corrected chi connectivity index (χ2v) is 4.08. The highest BCUT2D eigenvalue weighted by Gasteiger charge is 2.08. The van der Waals surface area contributed by atoms with Gasteiger partial charge in [0.25, 0.3) is 0 Å². The van der Waals surface area contributed by atoms with Crippen LogP contribution in [0.1, 0.15) is 5.56 Å². The fraction of sp³-hybridized carbons (Fsp3) is 0.0833. The minimum Gasteiger partial charge on any atom is -0.299 e. The topological polar surface area (TPSA) is 43.6 Å². The van der Waals surface area contributed by atoms with Crippen LogP contribution in [0.5, 0.6) is 0 Å². The van der Waals surface area contributed by atoms with E-state index in [9.17, 15) is 0 Å². The summed E-state index contributed by atoms with van der Waals surface area (Å²) in [4.78, 5) is 12.5. The summed E-state index contributed by atoms with van der Waals surface area (Å²) >= 11 is 5.83. The highest BCUT2D eigenvalue weighted by molar-refractivity contribution is 6.28. The molecule has 0 N–H and O–H groups in total.